The van der Waals surface area contributed by atoms with Gasteiger partial charge in [0.2, 0.25) is 0 Å². The van der Waals surface area contributed by atoms with E-state index in [9.17, 15) is 4.79 Å². The van der Waals surface area contributed by atoms with Crippen LogP contribution < -0.4 is 15.8 Å². The summed E-state index contributed by atoms with van der Waals surface area (Å²) in [6, 6.07) is 10.4. The van der Waals surface area contributed by atoms with E-state index >= 15 is 0 Å². The molecular weight excluding hydrogens is 276 g/mol. The number of amides is 1. The number of benzene rings is 2. The van der Waals surface area contributed by atoms with Crippen molar-refractivity contribution in [3.05, 3.63) is 52.5 Å². The molecule has 5 heteroatoms. The van der Waals surface area contributed by atoms with Gasteiger partial charge in [-0.05, 0) is 30.7 Å². The van der Waals surface area contributed by atoms with Crippen LogP contribution in [0.4, 0.5) is 11.4 Å². The van der Waals surface area contributed by atoms with Crippen molar-refractivity contribution >= 4 is 28.9 Å². The molecule has 3 N–H and O–H groups in total. The van der Waals surface area contributed by atoms with Crippen LogP contribution in [0.25, 0.3) is 0 Å². The molecule has 20 heavy (non-hydrogen) atoms. The van der Waals surface area contributed by atoms with E-state index in [2.05, 4.69) is 5.32 Å². The van der Waals surface area contributed by atoms with Gasteiger partial charge in [-0.1, -0.05) is 23.7 Å². The van der Waals surface area contributed by atoms with E-state index < -0.39 is 0 Å². The maximum absolute atomic E-state index is 12.3. The number of anilines is 2. The third-order valence-corrected chi connectivity index (χ3v) is 3.25. The van der Waals surface area contributed by atoms with Crippen LogP contribution in [0.3, 0.4) is 0 Å². The predicted octanol–water partition coefficient (Wildman–Crippen LogP) is 3.49. The normalized spacial score (nSPS) is 10.2. The quantitative estimate of drug-likeness (QED) is 0.851. The molecule has 0 aromatic heterocycles. The Bertz CT molecular complexity index is 636. The van der Waals surface area contributed by atoms with Gasteiger partial charge in [0.25, 0.3) is 5.91 Å². The number of nitrogen functional groups attached to an aromatic ring is 1. The molecule has 0 saturated carbocycles. The third kappa shape index (κ3) is 2.86. The molecule has 0 aliphatic rings. The zero-order valence-corrected chi connectivity index (χ0v) is 12.0. The predicted molar refractivity (Wildman–Crippen MR) is 81.5 cm³/mol. The number of rotatable bonds is 3. The monoisotopic (exact) mass is 290 g/mol. The molecule has 0 heterocycles. The Hall–Kier alpha value is -2.20. The van der Waals surface area contributed by atoms with E-state index in [0.717, 1.165) is 5.56 Å². The molecule has 0 fully saturated rings. The lowest BCUT2D eigenvalue weighted by Crippen LogP contribution is -2.15. The maximum atomic E-state index is 12.3. The molecule has 0 bridgehead atoms. The Morgan fingerprint density at radius 2 is 2.05 bits per heavy atom. The molecule has 0 radical (unpaired) electrons. The topological polar surface area (TPSA) is 64.3 Å². The molecule has 0 unspecified atom stereocenters. The third-order valence-electron chi connectivity index (χ3n) is 2.94. The highest BCUT2D eigenvalue weighted by molar-refractivity contribution is 6.32. The van der Waals surface area contributed by atoms with Crippen LogP contribution in [-0.2, 0) is 0 Å². The van der Waals surface area contributed by atoms with Crippen molar-refractivity contribution in [2.75, 3.05) is 18.2 Å². The minimum absolute atomic E-state index is 0.259. The van der Waals surface area contributed by atoms with E-state index in [-0.39, 0.29) is 5.91 Å². The number of methoxy groups -OCH3 is 1. The summed E-state index contributed by atoms with van der Waals surface area (Å²) in [5, 5.41) is 3.27. The summed E-state index contributed by atoms with van der Waals surface area (Å²) in [6.07, 6.45) is 0. The molecule has 0 spiro atoms. The van der Waals surface area contributed by atoms with Crippen molar-refractivity contribution < 1.29 is 9.53 Å². The number of hydrogen-bond donors (Lipinski definition) is 2. The molecule has 0 atom stereocenters. The molecule has 0 saturated heterocycles. The first-order valence-electron chi connectivity index (χ1n) is 6.03. The Morgan fingerprint density at radius 1 is 1.30 bits per heavy atom. The van der Waals surface area contributed by atoms with Crippen LogP contribution in [0.15, 0.2) is 36.4 Å². The maximum Gasteiger partial charge on any atom is 0.258 e. The number of aryl methyl sites for hydroxylation is 1. The Kier molecular flexibility index (Phi) is 4.15. The van der Waals surface area contributed by atoms with Crippen molar-refractivity contribution in [2.24, 2.45) is 0 Å². The van der Waals surface area contributed by atoms with Crippen LogP contribution in [0, 0.1) is 6.92 Å². The lowest BCUT2D eigenvalue weighted by Gasteiger charge is -2.11. The first kappa shape index (κ1) is 14.2. The van der Waals surface area contributed by atoms with Crippen LogP contribution in [0.5, 0.6) is 5.75 Å². The second-order valence-electron chi connectivity index (χ2n) is 4.34. The molecule has 2 aromatic carbocycles. The van der Waals surface area contributed by atoms with Crippen LogP contribution in [0.2, 0.25) is 5.02 Å². The van der Waals surface area contributed by atoms with Gasteiger partial charge in [0.1, 0.15) is 5.75 Å². The second kappa shape index (κ2) is 5.84. The number of halogens is 1. The van der Waals surface area contributed by atoms with Crippen molar-refractivity contribution in [3.8, 4) is 5.75 Å². The summed E-state index contributed by atoms with van der Waals surface area (Å²) in [4.78, 5) is 12.3. The van der Waals surface area contributed by atoms with Crippen LogP contribution in [-0.4, -0.2) is 13.0 Å². The average Bonchev–Trinajstić information content (AvgIpc) is 2.40. The minimum atomic E-state index is -0.259. The molecule has 1 amide bonds. The van der Waals surface area contributed by atoms with E-state index in [1.807, 2.05) is 19.1 Å². The minimum Gasteiger partial charge on any atom is -0.495 e. The van der Waals surface area contributed by atoms with E-state index in [0.29, 0.717) is 27.7 Å². The number of hydrogen-bond acceptors (Lipinski definition) is 3. The highest BCUT2D eigenvalue weighted by Crippen LogP contribution is 2.28. The fourth-order valence-electron chi connectivity index (χ4n) is 1.93. The second-order valence-corrected chi connectivity index (χ2v) is 4.75. The zero-order valence-electron chi connectivity index (χ0n) is 11.2. The molecule has 2 aromatic rings. The molecular formula is C15H15ClN2O2. The largest absolute Gasteiger partial charge is 0.495 e. The van der Waals surface area contributed by atoms with Gasteiger partial charge in [-0.2, -0.15) is 0 Å². The van der Waals surface area contributed by atoms with Gasteiger partial charge >= 0.3 is 0 Å². The van der Waals surface area contributed by atoms with Gasteiger partial charge in [-0.25, -0.2) is 0 Å². The summed E-state index contributed by atoms with van der Waals surface area (Å²) in [5.41, 5.74) is 8.19. The molecule has 104 valence electrons. The fourth-order valence-corrected chi connectivity index (χ4v) is 2.13. The van der Waals surface area contributed by atoms with Crippen molar-refractivity contribution in [1.29, 1.82) is 0 Å². The lowest BCUT2D eigenvalue weighted by molar-refractivity contribution is 0.102. The van der Waals surface area contributed by atoms with Crippen LogP contribution in [0.1, 0.15) is 15.9 Å². The Balaban J connectivity index is 2.28. The number of nitrogens with one attached hydrogen (secondary N) is 1. The number of ether oxygens (including phenoxy) is 1. The van der Waals surface area contributed by atoms with Crippen LogP contribution >= 0.6 is 11.6 Å². The van der Waals surface area contributed by atoms with Crippen molar-refractivity contribution in [2.45, 2.75) is 6.92 Å². The molecule has 2 rings (SSSR count). The van der Waals surface area contributed by atoms with Crippen molar-refractivity contribution in [3.63, 3.8) is 0 Å². The number of nitrogens with two attached hydrogens (primary N) is 1. The highest BCUT2D eigenvalue weighted by atomic mass is 35.5. The van der Waals surface area contributed by atoms with E-state index in [1.54, 1.807) is 24.3 Å². The Morgan fingerprint density at radius 3 is 2.70 bits per heavy atom. The number of carbonyl (C=O) groups is 1. The summed E-state index contributed by atoms with van der Waals surface area (Å²) in [7, 11) is 1.52. The lowest BCUT2D eigenvalue weighted by atomic mass is 10.1. The molecule has 4 nitrogen and oxygen atoms in total. The standard InChI is InChI=1S/C15H15ClN2O2/c1-9-4-3-5-12(17)14(9)15(19)18-10-6-7-11(16)13(8-10)20-2/h3-8H,17H2,1-2H3,(H,18,19). The van der Waals surface area contributed by atoms with Gasteiger partial charge in [-0.3, -0.25) is 4.79 Å². The molecule has 0 aliphatic heterocycles. The average molecular weight is 291 g/mol. The first-order valence-corrected chi connectivity index (χ1v) is 6.40. The summed E-state index contributed by atoms with van der Waals surface area (Å²) in [6.45, 7) is 1.84. The summed E-state index contributed by atoms with van der Waals surface area (Å²) < 4.78 is 5.11. The van der Waals surface area contributed by atoms with E-state index in [4.69, 9.17) is 22.1 Å². The summed E-state index contributed by atoms with van der Waals surface area (Å²) in [5.74, 6) is 0.243. The SMILES string of the molecule is COc1cc(NC(=O)c2c(C)cccc2N)ccc1Cl. The number of carbonyl (C=O) groups excluding carboxylic acids is 1. The zero-order chi connectivity index (χ0) is 14.7. The summed E-state index contributed by atoms with van der Waals surface area (Å²) >= 11 is 5.94. The van der Waals surface area contributed by atoms with E-state index in [1.165, 1.54) is 7.11 Å². The molecule has 0 aliphatic carbocycles. The smallest absolute Gasteiger partial charge is 0.258 e. The van der Waals surface area contributed by atoms with Gasteiger partial charge in [0.05, 0.1) is 17.7 Å². The van der Waals surface area contributed by atoms with Gasteiger partial charge in [0, 0.05) is 17.4 Å². The highest BCUT2D eigenvalue weighted by Gasteiger charge is 2.13. The van der Waals surface area contributed by atoms with Crippen molar-refractivity contribution in [1.82, 2.24) is 0 Å². The fraction of sp³-hybridized carbons (Fsp3) is 0.133. The van der Waals surface area contributed by atoms with Gasteiger partial charge < -0.3 is 15.8 Å². The van der Waals surface area contributed by atoms with Gasteiger partial charge in [-0.15, -0.1) is 0 Å². The first-order chi connectivity index (χ1) is 9.52. The van der Waals surface area contributed by atoms with Gasteiger partial charge in [0.15, 0.2) is 0 Å². The Labute approximate surface area is 122 Å².